The summed E-state index contributed by atoms with van der Waals surface area (Å²) in [7, 11) is 0. The summed E-state index contributed by atoms with van der Waals surface area (Å²) in [5.41, 5.74) is 2.61. The standard InChI is InChI=1S/C15H17N3O2/c1-4-20-15(19)11-5-6-12(18-14(11)10(2)3)13-9-16-7-8-17-13/h5-10H,4H2,1-3H3. The summed E-state index contributed by atoms with van der Waals surface area (Å²) in [6.07, 6.45) is 4.88. The molecule has 0 saturated carbocycles. The maximum Gasteiger partial charge on any atom is 0.339 e. The van der Waals surface area contributed by atoms with Crippen LogP contribution in [0.5, 0.6) is 0 Å². The third-order valence-corrected chi connectivity index (χ3v) is 2.79. The molecule has 2 rings (SSSR count). The smallest absolute Gasteiger partial charge is 0.339 e. The van der Waals surface area contributed by atoms with Gasteiger partial charge in [0.2, 0.25) is 0 Å². The molecule has 0 atom stereocenters. The molecule has 104 valence electrons. The second-order valence-electron chi connectivity index (χ2n) is 4.60. The molecular weight excluding hydrogens is 254 g/mol. The Balaban J connectivity index is 2.45. The zero-order valence-electron chi connectivity index (χ0n) is 11.8. The first-order valence-corrected chi connectivity index (χ1v) is 6.58. The summed E-state index contributed by atoms with van der Waals surface area (Å²) in [5.74, 6) is -0.222. The van der Waals surface area contributed by atoms with E-state index in [-0.39, 0.29) is 11.9 Å². The van der Waals surface area contributed by atoms with Crippen LogP contribution in [-0.4, -0.2) is 27.5 Å². The van der Waals surface area contributed by atoms with Gasteiger partial charge in [-0.15, -0.1) is 0 Å². The largest absolute Gasteiger partial charge is 0.462 e. The highest BCUT2D eigenvalue weighted by Gasteiger charge is 2.17. The molecule has 0 spiro atoms. The monoisotopic (exact) mass is 271 g/mol. The van der Waals surface area contributed by atoms with Crippen molar-refractivity contribution in [3.8, 4) is 11.4 Å². The van der Waals surface area contributed by atoms with Crippen LogP contribution in [0.4, 0.5) is 0 Å². The topological polar surface area (TPSA) is 65.0 Å². The summed E-state index contributed by atoms with van der Waals surface area (Å²) in [6, 6.07) is 3.51. The first-order valence-electron chi connectivity index (χ1n) is 6.58. The highest BCUT2D eigenvalue weighted by molar-refractivity contribution is 5.91. The molecule has 0 aliphatic heterocycles. The fourth-order valence-corrected chi connectivity index (χ4v) is 1.87. The average molecular weight is 271 g/mol. The normalized spacial score (nSPS) is 10.6. The molecular formula is C15H17N3O2. The minimum absolute atomic E-state index is 0.117. The number of hydrogen-bond acceptors (Lipinski definition) is 5. The number of aromatic nitrogens is 3. The number of pyridine rings is 1. The number of nitrogens with zero attached hydrogens (tertiary/aromatic N) is 3. The van der Waals surface area contributed by atoms with Crippen LogP contribution in [0.3, 0.4) is 0 Å². The van der Waals surface area contributed by atoms with E-state index in [2.05, 4.69) is 15.0 Å². The Labute approximate surface area is 118 Å². The molecule has 0 fully saturated rings. The molecule has 0 aliphatic rings. The van der Waals surface area contributed by atoms with E-state index in [1.54, 1.807) is 37.6 Å². The lowest BCUT2D eigenvalue weighted by Gasteiger charge is -2.12. The zero-order valence-corrected chi connectivity index (χ0v) is 11.8. The predicted molar refractivity (Wildman–Crippen MR) is 75.3 cm³/mol. The molecule has 2 aromatic rings. The Hall–Kier alpha value is -2.30. The van der Waals surface area contributed by atoms with Gasteiger partial charge in [0.1, 0.15) is 5.69 Å². The van der Waals surface area contributed by atoms with Gasteiger partial charge in [0.05, 0.1) is 29.8 Å². The Morgan fingerprint density at radius 1 is 1.25 bits per heavy atom. The van der Waals surface area contributed by atoms with Crippen molar-refractivity contribution >= 4 is 5.97 Å². The highest BCUT2D eigenvalue weighted by Crippen LogP contribution is 2.22. The van der Waals surface area contributed by atoms with Crippen LogP contribution in [0.1, 0.15) is 42.7 Å². The molecule has 0 aromatic carbocycles. The van der Waals surface area contributed by atoms with E-state index in [0.717, 1.165) is 0 Å². The van der Waals surface area contributed by atoms with Gasteiger partial charge < -0.3 is 4.74 Å². The molecule has 5 heteroatoms. The van der Waals surface area contributed by atoms with Crippen LogP contribution >= 0.6 is 0 Å². The van der Waals surface area contributed by atoms with Crippen LogP contribution in [0.15, 0.2) is 30.7 Å². The van der Waals surface area contributed by atoms with Crippen molar-refractivity contribution in [2.75, 3.05) is 6.61 Å². The van der Waals surface area contributed by atoms with Crippen LogP contribution < -0.4 is 0 Å². The molecule has 2 heterocycles. The van der Waals surface area contributed by atoms with Gasteiger partial charge in [-0.05, 0) is 25.0 Å². The van der Waals surface area contributed by atoms with E-state index in [1.807, 2.05) is 13.8 Å². The van der Waals surface area contributed by atoms with Gasteiger partial charge in [0, 0.05) is 12.4 Å². The number of carbonyl (C=O) groups excluding carboxylic acids is 1. The van der Waals surface area contributed by atoms with E-state index in [1.165, 1.54) is 0 Å². The quantitative estimate of drug-likeness (QED) is 0.800. The van der Waals surface area contributed by atoms with Crippen LogP contribution in [-0.2, 0) is 4.74 Å². The molecule has 0 saturated heterocycles. The average Bonchev–Trinajstić information content (AvgIpc) is 2.47. The second-order valence-corrected chi connectivity index (χ2v) is 4.60. The number of esters is 1. The molecule has 5 nitrogen and oxygen atoms in total. The summed E-state index contributed by atoms with van der Waals surface area (Å²) in [5, 5.41) is 0. The van der Waals surface area contributed by atoms with E-state index in [4.69, 9.17) is 4.74 Å². The van der Waals surface area contributed by atoms with Gasteiger partial charge in [-0.25, -0.2) is 9.78 Å². The first kappa shape index (κ1) is 14.1. The van der Waals surface area contributed by atoms with Gasteiger partial charge in [-0.3, -0.25) is 9.97 Å². The first-order chi connectivity index (χ1) is 9.63. The van der Waals surface area contributed by atoms with Crippen LogP contribution in [0, 0.1) is 0 Å². The molecule has 0 unspecified atom stereocenters. The molecule has 0 amide bonds. The molecule has 0 N–H and O–H groups in total. The Morgan fingerprint density at radius 2 is 2.05 bits per heavy atom. The Morgan fingerprint density at radius 3 is 2.65 bits per heavy atom. The summed E-state index contributed by atoms with van der Waals surface area (Å²) >= 11 is 0. The van der Waals surface area contributed by atoms with Crippen molar-refractivity contribution in [1.82, 2.24) is 15.0 Å². The van der Waals surface area contributed by atoms with Crippen molar-refractivity contribution in [2.45, 2.75) is 26.7 Å². The van der Waals surface area contributed by atoms with Crippen LogP contribution in [0.2, 0.25) is 0 Å². The van der Waals surface area contributed by atoms with Crippen molar-refractivity contribution in [2.24, 2.45) is 0 Å². The van der Waals surface area contributed by atoms with Gasteiger partial charge >= 0.3 is 5.97 Å². The predicted octanol–water partition coefficient (Wildman–Crippen LogP) is 2.84. The highest BCUT2D eigenvalue weighted by atomic mass is 16.5. The minimum atomic E-state index is -0.339. The van der Waals surface area contributed by atoms with E-state index in [9.17, 15) is 4.79 Å². The number of rotatable bonds is 4. The van der Waals surface area contributed by atoms with Crippen molar-refractivity contribution in [3.05, 3.63) is 42.0 Å². The second kappa shape index (κ2) is 6.23. The lowest BCUT2D eigenvalue weighted by atomic mass is 10.0. The number of hydrogen-bond donors (Lipinski definition) is 0. The van der Waals surface area contributed by atoms with Crippen molar-refractivity contribution in [1.29, 1.82) is 0 Å². The van der Waals surface area contributed by atoms with Crippen LogP contribution in [0.25, 0.3) is 11.4 Å². The van der Waals surface area contributed by atoms with Gasteiger partial charge in [0.15, 0.2) is 0 Å². The van der Waals surface area contributed by atoms with Gasteiger partial charge in [-0.2, -0.15) is 0 Å². The molecule has 20 heavy (non-hydrogen) atoms. The van der Waals surface area contributed by atoms with E-state index < -0.39 is 0 Å². The van der Waals surface area contributed by atoms with Gasteiger partial charge in [0.25, 0.3) is 0 Å². The van der Waals surface area contributed by atoms with Crippen molar-refractivity contribution < 1.29 is 9.53 Å². The summed E-state index contributed by atoms with van der Waals surface area (Å²) < 4.78 is 5.06. The maximum absolute atomic E-state index is 11.9. The molecule has 0 bridgehead atoms. The van der Waals surface area contributed by atoms with Gasteiger partial charge in [-0.1, -0.05) is 13.8 Å². The lowest BCUT2D eigenvalue weighted by molar-refractivity contribution is 0.0524. The zero-order chi connectivity index (χ0) is 14.5. The fourth-order valence-electron chi connectivity index (χ4n) is 1.87. The van der Waals surface area contributed by atoms with E-state index >= 15 is 0 Å². The Kier molecular flexibility index (Phi) is 4.40. The van der Waals surface area contributed by atoms with Crippen molar-refractivity contribution in [3.63, 3.8) is 0 Å². The van der Waals surface area contributed by atoms with E-state index in [0.29, 0.717) is 29.3 Å². The minimum Gasteiger partial charge on any atom is -0.462 e. The SMILES string of the molecule is CCOC(=O)c1ccc(-c2cnccn2)nc1C(C)C. The molecule has 0 radical (unpaired) electrons. The maximum atomic E-state index is 11.9. The molecule has 0 aliphatic carbocycles. The number of ether oxygens (including phenoxy) is 1. The summed E-state index contributed by atoms with van der Waals surface area (Å²) in [4.78, 5) is 24.7. The Bertz CT molecular complexity index is 597. The number of carbonyl (C=O) groups is 1. The summed E-state index contributed by atoms with van der Waals surface area (Å²) in [6.45, 7) is 6.12. The lowest BCUT2D eigenvalue weighted by Crippen LogP contribution is -2.11. The fraction of sp³-hybridized carbons (Fsp3) is 0.333. The molecule has 2 aromatic heterocycles. The third-order valence-electron chi connectivity index (χ3n) is 2.79. The third kappa shape index (κ3) is 2.99.